The molecule has 9 nitrogen and oxygen atoms in total. The summed E-state index contributed by atoms with van der Waals surface area (Å²) in [6.45, 7) is 2.23. The van der Waals surface area contributed by atoms with E-state index in [4.69, 9.17) is 0 Å². The van der Waals surface area contributed by atoms with E-state index in [0.29, 0.717) is 37.1 Å². The van der Waals surface area contributed by atoms with Gasteiger partial charge >= 0.3 is 0 Å². The number of fused-ring (bicyclic) bond motifs is 1. The molecule has 0 unspecified atom stereocenters. The summed E-state index contributed by atoms with van der Waals surface area (Å²) in [6, 6.07) is 6.01. The minimum atomic E-state index is -0.473. The summed E-state index contributed by atoms with van der Waals surface area (Å²) in [7, 11) is 0. The predicted molar refractivity (Wildman–Crippen MR) is 116 cm³/mol. The van der Waals surface area contributed by atoms with E-state index in [0.717, 1.165) is 31.4 Å². The van der Waals surface area contributed by atoms with Crippen molar-refractivity contribution in [3.63, 3.8) is 0 Å². The van der Waals surface area contributed by atoms with Crippen molar-refractivity contribution in [1.29, 1.82) is 0 Å². The number of aromatic nitrogens is 4. The molecule has 31 heavy (non-hydrogen) atoms. The number of nitrogens with zero attached hydrogens (tertiary/aromatic N) is 5. The molecule has 3 aromatic rings. The maximum absolute atomic E-state index is 12.9. The number of rotatable bonds is 3. The van der Waals surface area contributed by atoms with Crippen molar-refractivity contribution in [2.75, 3.05) is 31.1 Å². The summed E-state index contributed by atoms with van der Waals surface area (Å²) >= 11 is 0. The topological polar surface area (TPSA) is 104 Å². The molecule has 1 aromatic carbocycles. The maximum Gasteiger partial charge on any atom is 0.279 e. The highest BCUT2D eigenvalue weighted by atomic mass is 16.2. The van der Waals surface area contributed by atoms with Gasteiger partial charge in [-0.25, -0.2) is 9.97 Å². The maximum atomic E-state index is 12.9. The van der Waals surface area contributed by atoms with Gasteiger partial charge in [0.15, 0.2) is 5.69 Å². The number of carbonyl (C=O) groups is 1. The highest BCUT2D eigenvalue weighted by Crippen LogP contribution is 2.28. The van der Waals surface area contributed by atoms with Gasteiger partial charge in [0.25, 0.3) is 17.0 Å². The Morgan fingerprint density at radius 1 is 1.03 bits per heavy atom. The van der Waals surface area contributed by atoms with Gasteiger partial charge in [0.2, 0.25) is 0 Å². The molecule has 1 saturated carbocycles. The summed E-state index contributed by atoms with van der Waals surface area (Å²) < 4.78 is 1.79. The van der Waals surface area contributed by atoms with Crippen LogP contribution in [0, 0.1) is 0 Å². The molecule has 1 amide bonds. The molecular formula is C22H24N6O3. The molecule has 0 radical (unpaired) electrons. The molecular weight excluding hydrogens is 396 g/mol. The number of anilines is 1. The fourth-order valence-electron chi connectivity index (χ4n) is 4.58. The number of hydrogen-bond donors (Lipinski definition) is 1. The molecule has 2 fully saturated rings. The molecule has 160 valence electrons. The zero-order valence-electron chi connectivity index (χ0n) is 17.2. The number of benzene rings is 1. The van der Waals surface area contributed by atoms with Crippen LogP contribution in [0.3, 0.4) is 0 Å². The largest absolute Gasteiger partial charge is 0.368 e. The van der Waals surface area contributed by atoms with Crippen molar-refractivity contribution in [2.24, 2.45) is 0 Å². The molecule has 0 spiro atoms. The zero-order valence-corrected chi connectivity index (χ0v) is 17.2. The van der Waals surface area contributed by atoms with Crippen LogP contribution >= 0.6 is 0 Å². The molecule has 2 aliphatic rings. The highest BCUT2D eigenvalue weighted by Gasteiger charge is 2.25. The van der Waals surface area contributed by atoms with Crippen molar-refractivity contribution in [1.82, 2.24) is 24.4 Å². The smallest absolute Gasteiger partial charge is 0.279 e. The molecule has 0 bridgehead atoms. The van der Waals surface area contributed by atoms with E-state index in [1.807, 2.05) is 18.2 Å². The molecule has 1 N–H and O–H groups in total. The number of amides is 1. The first-order valence-corrected chi connectivity index (χ1v) is 10.7. The molecule has 1 aliphatic carbocycles. The van der Waals surface area contributed by atoms with Crippen LogP contribution in [0.25, 0.3) is 10.9 Å². The fraction of sp³-hybridized carbons (Fsp3) is 0.409. The van der Waals surface area contributed by atoms with E-state index >= 15 is 0 Å². The van der Waals surface area contributed by atoms with Crippen molar-refractivity contribution >= 4 is 22.5 Å². The van der Waals surface area contributed by atoms with Crippen LogP contribution in [0.1, 0.15) is 42.2 Å². The van der Waals surface area contributed by atoms with Gasteiger partial charge in [0.05, 0.1) is 17.2 Å². The minimum absolute atomic E-state index is 0.0273. The summed E-state index contributed by atoms with van der Waals surface area (Å²) in [6.07, 6.45) is 8.91. The van der Waals surface area contributed by atoms with Crippen LogP contribution in [0.4, 0.5) is 5.69 Å². The number of carbonyl (C=O) groups excluding carboxylic acids is 1. The lowest BCUT2D eigenvalue weighted by atomic mass is 10.1. The zero-order chi connectivity index (χ0) is 21.4. The summed E-state index contributed by atoms with van der Waals surface area (Å²) in [5.41, 5.74) is 1.14. The van der Waals surface area contributed by atoms with Crippen LogP contribution in [0.5, 0.6) is 0 Å². The van der Waals surface area contributed by atoms with Gasteiger partial charge < -0.3 is 14.8 Å². The van der Waals surface area contributed by atoms with Gasteiger partial charge in [-0.1, -0.05) is 12.8 Å². The lowest BCUT2D eigenvalue weighted by Crippen LogP contribution is -2.49. The Bertz CT molecular complexity index is 1240. The first kappa shape index (κ1) is 19.5. The van der Waals surface area contributed by atoms with E-state index in [-0.39, 0.29) is 23.2 Å². The standard InChI is InChI=1S/C22H24N6O3/c29-20-19(23-7-8-24-20)22(31)27-11-9-26(10-12-27)16-5-6-17-18(13-16)25-14-28(21(17)30)15-3-1-2-4-15/h5-8,13-15H,1-4,9-12H2,(H,24,29). The van der Waals surface area contributed by atoms with Gasteiger partial charge in [0.1, 0.15) is 0 Å². The van der Waals surface area contributed by atoms with Crippen molar-refractivity contribution in [3.05, 3.63) is 63.3 Å². The van der Waals surface area contributed by atoms with Crippen molar-refractivity contribution in [2.45, 2.75) is 31.7 Å². The van der Waals surface area contributed by atoms with Gasteiger partial charge in [-0.15, -0.1) is 0 Å². The Morgan fingerprint density at radius 2 is 1.81 bits per heavy atom. The third kappa shape index (κ3) is 3.60. The Hall–Kier alpha value is -3.49. The Morgan fingerprint density at radius 3 is 2.55 bits per heavy atom. The van der Waals surface area contributed by atoms with Gasteiger partial charge in [-0.05, 0) is 31.0 Å². The van der Waals surface area contributed by atoms with E-state index in [1.165, 1.54) is 12.4 Å². The highest BCUT2D eigenvalue weighted by molar-refractivity contribution is 5.92. The molecule has 2 aromatic heterocycles. The Balaban J connectivity index is 1.32. The minimum Gasteiger partial charge on any atom is -0.368 e. The second-order valence-electron chi connectivity index (χ2n) is 8.14. The van der Waals surface area contributed by atoms with Gasteiger partial charge in [-0.3, -0.25) is 19.0 Å². The van der Waals surface area contributed by atoms with Crippen LogP contribution in [0.15, 0.2) is 46.5 Å². The van der Waals surface area contributed by atoms with E-state index in [2.05, 4.69) is 19.9 Å². The normalized spacial score (nSPS) is 17.4. The monoisotopic (exact) mass is 420 g/mol. The third-order valence-corrected chi connectivity index (χ3v) is 6.33. The van der Waals surface area contributed by atoms with Crippen LogP contribution in [-0.4, -0.2) is 56.5 Å². The number of H-pyrrole nitrogens is 1. The average molecular weight is 420 g/mol. The fourth-order valence-corrected chi connectivity index (χ4v) is 4.58. The number of aromatic amines is 1. The molecule has 1 aliphatic heterocycles. The second-order valence-corrected chi connectivity index (χ2v) is 8.14. The van der Waals surface area contributed by atoms with E-state index < -0.39 is 5.56 Å². The van der Waals surface area contributed by atoms with Crippen LogP contribution in [-0.2, 0) is 0 Å². The van der Waals surface area contributed by atoms with Crippen LogP contribution in [0.2, 0.25) is 0 Å². The van der Waals surface area contributed by atoms with Gasteiger partial charge in [-0.2, -0.15) is 0 Å². The van der Waals surface area contributed by atoms with Gasteiger partial charge in [0, 0.05) is 50.3 Å². The number of hydrogen-bond acceptors (Lipinski definition) is 6. The summed E-state index contributed by atoms with van der Waals surface area (Å²) in [5.74, 6) is -0.353. The molecule has 1 saturated heterocycles. The van der Waals surface area contributed by atoms with E-state index in [9.17, 15) is 14.4 Å². The SMILES string of the molecule is O=C(c1ncc[nH]c1=O)N1CCN(c2ccc3c(=O)n(C4CCCC4)cnc3c2)CC1. The molecule has 9 heteroatoms. The van der Waals surface area contributed by atoms with Crippen LogP contribution < -0.4 is 16.0 Å². The first-order valence-electron chi connectivity index (χ1n) is 10.7. The number of nitrogens with one attached hydrogen (secondary N) is 1. The summed E-state index contributed by atoms with van der Waals surface area (Å²) in [5, 5.41) is 0.640. The first-order chi connectivity index (χ1) is 15.1. The second kappa shape index (κ2) is 7.98. The quantitative estimate of drug-likeness (QED) is 0.690. The summed E-state index contributed by atoms with van der Waals surface area (Å²) in [4.78, 5) is 52.1. The molecule has 0 atom stereocenters. The lowest BCUT2D eigenvalue weighted by molar-refractivity contribution is 0.0739. The van der Waals surface area contributed by atoms with E-state index in [1.54, 1.807) is 15.8 Å². The Labute approximate surface area is 178 Å². The molecule has 3 heterocycles. The van der Waals surface area contributed by atoms with Crippen molar-refractivity contribution in [3.8, 4) is 0 Å². The lowest BCUT2D eigenvalue weighted by Gasteiger charge is -2.35. The van der Waals surface area contributed by atoms with Crippen molar-refractivity contribution < 1.29 is 4.79 Å². The Kier molecular flexibility index (Phi) is 5.01. The molecule has 5 rings (SSSR count). The average Bonchev–Trinajstić information content (AvgIpc) is 3.34. The number of piperazine rings is 1. The third-order valence-electron chi connectivity index (χ3n) is 6.33. The predicted octanol–water partition coefficient (Wildman–Crippen LogP) is 1.56.